The number of rotatable bonds is 1. The van der Waals surface area contributed by atoms with E-state index in [0.29, 0.717) is 0 Å². The van der Waals surface area contributed by atoms with Crippen LogP contribution >= 0.6 is 22.7 Å². The van der Waals surface area contributed by atoms with Gasteiger partial charge in [-0.15, -0.1) is 22.7 Å². The van der Waals surface area contributed by atoms with Crippen LogP contribution in [0.3, 0.4) is 0 Å². The molecule has 4 heteroatoms. The second kappa shape index (κ2) is 7.80. The Labute approximate surface area is 160 Å². The molecule has 0 aliphatic carbocycles. The summed E-state index contributed by atoms with van der Waals surface area (Å²) < 4.78 is 0. The van der Waals surface area contributed by atoms with Crippen LogP contribution in [0.1, 0.15) is 21.1 Å². The average molecular weight is 368 g/mol. The first-order valence-corrected chi connectivity index (χ1v) is 9.68. The Hall–Kier alpha value is -3.18. The van der Waals surface area contributed by atoms with Gasteiger partial charge in [-0.3, -0.25) is 0 Å². The van der Waals surface area contributed by atoms with Gasteiger partial charge in [0.2, 0.25) is 0 Å². The third-order valence-corrected chi connectivity index (χ3v) is 4.96. The van der Waals surface area contributed by atoms with Gasteiger partial charge >= 0.3 is 0 Å². The molecule has 0 saturated heterocycles. The summed E-state index contributed by atoms with van der Waals surface area (Å²) in [6.45, 7) is 0. The minimum Gasteiger partial charge on any atom is -0.226 e. The molecule has 0 aliphatic heterocycles. The molecule has 0 radical (unpaired) electrons. The van der Waals surface area contributed by atoms with Gasteiger partial charge in [-0.1, -0.05) is 48.2 Å². The Bertz CT molecular complexity index is 1040. The van der Waals surface area contributed by atoms with Crippen molar-refractivity contribution >= 4 is 22.7 Å². The third kappa shape index (κ3) is 4.07. The van der Waals surface area contributed by atoms with Crippen LogP contribution in [0.5, 0.6) is 0 Å². The van der Waals surface area contributed by atoms with Crippen LogP contribution in [0.2, 0.25) is 0 Å². The SMILES string of the molecule is C(#Cc1nc(-c2csc(C#Cc3ccccc3)n2)cs1)c1ccccc1. The van der Waals surface area contributed by atoms with Gasteiger partial charge in [0.05, 0.1) is 0 Å². The number of benzene rings is 2. The van der Waals surface area contributed by atoms with Crippen LogP contribution < -0.4 is 0 Å². The maximum absolute atomic E-state index is 4.57. The second-order valence-electron chi connectivity index (χ2n) is 5.31. The summed E-state index contributed by atoms with van der Waals surface area (Å²) in [4.78, 5) is 9.14. The zero-order valence-corrected chi connectivity index (χ0v) is 15.3. The number of aromatic nitrogens is 2. The lowest BCUT2D eigenvalue weighted by Crippen LogP contribution is -1.80. The van der Waals surface area contributed by atoms with Gasteiger partial charge in [-0.25, -0.2) is 9.97 Å². The van der Waals surface area contributed by atoms with Crippen molar-refractivity contribution in [2.24, 2.45) is 0 Å². The fraction of sp³-hybridized carbons (Fsp3) is 0. The van der Waals surface area contributed by atoms with Crippen LogP contribution in [-0.4, -0.2) is 9.97 Å². The Morgan fingerprint density at radius 3 is 1.38 bits per heavy atom. The summed E-state index contributed by atoms with van der Waals surface area (Å²) in [5, 5.41) is 5.54. The maximum Gasteiger partial charge on any atom is 0.167 e. The van der Waals surface area contributed by atoms with Gasteiger partial charge in [0.15, 0.2) is 10.0 Å². The van der Waals surface area contributed by atoms with E-state index in [1.807, 2.05) is 71.4 Å². The highest BCUT2D eigenvalue weighted by Gasteiger charge is 2.07. The molecule has 0 N–H and O–H groups in total. The largest absolute Gasteiger partial charge is 0.226 e. The highest BCUT2D eigenvalue weighted by molar-refractivity contribution is 7.11. The number of hydrogen-bond acceptors (Lipinski definition) is 4. The standard InChI is InChI=1S/C22H12N2S2/c1-3-7-17(8-4-1)11-13-21-23-19(15-25-21)20-16-26-22(24-20)14-12-18-9-5-2-6-10-18/h1-10,15-16H. The summed E-state index contributed by atoms with van der Waals surface area (Å²) in [5.74, 6) is 12.5. The topological polar surface area (TPSA) is 25.8 Å². The Morgan fingerprint density at radius 2 is 0.962 bits per heavy atom. The molecule has 0 aliphatic rings. The molecule has 122 valence electrons. The first-order chi connectivity index (χ1) is 12.9. The van der Waals surface area contributed by atoms with Gasteiger partial charge in [0.25, 0.3) is 0 Å². The van der Waals surface area contributed by atoms with E-state index in [1.54, 1.807) is 0 Å². The Balaban J connectivity index is 1.51. The zero-order valence-electron chi connectivity index (χ0n) is 13.6. The minimum absolute atomic E-state index is 0.786. The van der Waals surface area contributed by atoms with Crippen molar-refractivity contribution in [3.8, 4) is 35.1 Å². The van der Waals surface area contributed by atoms with E-state index in [2.05, 4.69) is 33.6 Å². The molecule has 2 aromatic carbocycles. The quantitative estimate of drug-likeness (QED) is 0.439. The van der Waals surface area contributed by atoms with E-state index in [-0.39, 0.29) is 0 Å². The highest BCUT2D eigenvalue weighted by Crippen LogP contribution is 2.23. The molecule has 0 spiro atoms. The number of thiazole rings is 2. The van der Waals surface area contributed by atoms with Crippen molar-refractivity contribution in [1.29, 1.82) is 0 Å². The van der Waals surface area contributed by atoms with Gasteiger partial charge in [0, 0.05) is 21.9 Å². The van der Waals surface area contributed by atoms with Crippen LogP contribution in [0, 0.1) is 23.7 Å². The van der Waals surface area contributed by atoms with E-state index in [4.69, 9.17) is 0 Å². The van der Waals surface area contributed by atoms with Gasteiger partial charge in [-0.05, 0) is 36.1 Å². The molecule has 26 heavy (non-hydrogen) atoms. The molecule has 2 heterocycles. The minimum atomic E-state index is 0.786. The molecule has 2 aromatic heterocycles. The molecule has 2 nitrogen and oxygen atoms in total. The van der Waals surface area contributed by atoms with Gasteiger partial charge in [0.1, 0.15) is 11.4 Å². The number of nitrogens with zero attached hydrogens (tertiary/aromatic N) is 2. The van der Waals surface area contributed by atoms with Crippen LogP contribution in [-0.2, 0) is 0 Å². The van der Waals surface area contributed by atoms with Crippen LogP contribution in [0.15, 0.2) is 71.4 Å². The van der Waals surface area contributed by atoms with Crippen molar-refractivity contribution < 1.29 is 0 Å². The summed E-state index contributed by atoms with van der Waals surface area (Å²) in [5.41, 5.74) is 3.65. The lowest BCUT2D eigenvalue weighted by molar-refractivity contribution is 1.30. The predicted molar refractivity (Wildman–Crippen MR) is 108 cm³/mol. The molecule has 4 rings (SSSR count). The zero-order chi connectivity index (χ0) is 17.6. The van der Waals surface area contributed by atoms with E-state index in [0.717, 1.165) is 32.5 Å². The van der Waals surface area contributed by atoms with Crippen molar-refractivity contribution in [1.82, 2.24) is 9.97 Å². The van der Waals surface area contributed by atoms with E-state index in [9.17, 15) is 0 Å². The maximum atomic E-state index is 4.57. The third-order valence-electron chi connectivity index (χ3n) is 3.45. The fourth-order valence-corrected chi connectivity index (χ4v) is 3.51. The second-order valence-corrected chi connectivity index (χ2v) is 7.02. The van der Waals surface area contributed by atoms with E-state index < -0.39 is 0 Å². The molecule has 0 bridgehead atoms. The molecular weight excluding hydrogens is 356 g/mol. The van der Waals surface area contributed by atoms with Crippen LogP contribution in [0.4, 0.5) is 0 Å². The molecule has 0 fully saturated rings. The summed E-state index contributed by atoms with van der Waals surface area (Å²) >= 11 is 3.05. The van der Waals surface area contributed by atoms with Crippen molar-refractivity contribution in [3.05, 3.63) is 92.6 Å². The molecule has 0 amide bonds. The van der Waals surface area contributed by atoms with E-state index in [1.165, 1.54) is 22.7 Å². The van der Waals surface area contributed by atoms with Crippen molar-refractivity contribution in [2.45, 2.75) is 0 Å². The fourth-order valence-electron chi connectivity index (χ4n) is 2.19. The smallest absolute Gasteiger partial charge is 0.167 e. The van der Waals surface area contributed by atoms with Crippen molar-refractivity contribution in [3.63, 3.8) is 0 Å². The average Bonchev–Trinajstić information content (AvgIpc) is 3.36. The summed E-state index contributed by atoms with van der Waals surface area (Å²) in [7, 11) is 0. The Kier molecular flexibility index (Phi) is 4.89. The predicted octanol–water partition coefficient (Wildman–Crippen LogP) is 5.07. The lowest BCUT2D eigenvalue weighted by atomic mass is 10.2. The summed E-state index contributed by atoms with van der Waals surface area (Å²) in [6.07, 6.45) is 0. The Morgan fingerprint density at radius 1 is 0.538 bits per heavy atom. The van der Waals surface area contributed by atoms with Crippen molar-refractivity contribution in [2.75, 3.05) is 0 Å². The van der Waals surface area contributed by atoms with Gasteiger partial charge in [-0.2, -0.15) is 0 Å². The molecule has 0 atom stereocenters. The highest BCUT2D eigenvalue weighted by atomic mass is 32.1. The summed E-state index contributed by atoms with van der Waals surface area (Å²) in [6, 6.07) is 19.8. The number of hydrogen-bond donors (Lipinski definition) is 0. The first-order valence-electron chi connectivity index (χ1n) is 7.92. The molecular formula is C22H12N2S2. The van der Waals surface area contributed by atoms with Crippen LogP contribution in [0.25, 0.3) is 11.4 Å². The first kappa shape index (κ1) is 16.3. The molecule has 0 unspecified atom stereocenters. The van der Waals surface area contributed by atoms with Gasteiger partial charge < -0.3 is 0 Å². The normalized spacial score (nSPS) is 9.69. The van der Waals surface area contributed by atoms with E-state index >= 15 is 0 Å². The molecule has 0 saturated carbocycles. The monoisotopic (exact) mass is 368 g/mol. The molecule has 4 aromatic rings. The lowest BCUT2D eigenvalue weighted by Gasteiger charge is -1.87.